The summed E-state index contributed by atoms with van der Waals surface area (Å²) in [5, 5.41) is 8.86. The van der Waals surface area contributed by atoms with Gasteiger partial charge in [0, 0.05) is 31.4 Å². The molecule has 0 radical (unpaired) electrons. The highest BCUT2D eigenvalue weighted by Gasteiger charge is 2.20. The summed E-state index contributed by atoms with van der Waals surface area (Å²) in [6.07, 6.45) is -0.332. The zero-order valence-electron chi connectivity index (χ0n) is 10.4. The maximum absolute atomic E-state index is 8.86. The van der Waals surface area contributed by atoms with Crippen LogP contribution in [0, 0.1) is 11.3 Å². The molecule has 1 fully saturated rings. The molecule has 5 nitrogen and oxygen atoms in total. The summed E-state index contributed by atoms with van der Waals surface area (Å²) in [4.78, 5) is 2.19. The van der Waals surface area contributed by atoms with Crippen LogP contribution in [-0.2, 0) is 11.3 Å². The van der Waals surface area contributed by atoms with Crippen molar-refractivity contribution in [2.75, 3.05) is 32.5 Å². The fraction of sp³-hybridized carbons (Fsp3) is 0.462. The van der Waals surface area contributed by atoms with Crippen LogP contribution in [0.25, 0.3) is 0 Å². The molecule has 0 aromatic heterocycles. The van der Waals surface area contributed by atoms with Gasteiger partial charge in [-0.1, -0.05) is 0 Å². The van der Waals surface area contributed by atoms with E-state index in [2.05, 4.69) is 11.0 Å². The number of nitrogens with two attached hydrogens (primary N) is 1. The SMILES string of the molecule is COc1cc(N)cc(CN2CCOC(C#N)C2)c1. The van der Waals surface area contributed by atoms with Crippen LogP contribution in [0.2, 0.25) is 0 Å². The van der Waals surface area contributed by atoms with Crippen molar-refractivity contribution in [2.24, 2.45) is 0 Å². The van der Waals surface area contributed by atoms with E-state index in [0.717, 1.165) is 24.4 Å². The van der Waals surface area contributed by atoms with Gasteiger partial charge in [0.05, 0.1) is 19.8 Å². The third-order valence-corrected chi connectivity index (χ3v) is 2.93. The zero-order chi connectivity index (χ0) is 13.0. The van der Waals surface area contributed by atoms with Crippen molar-refractivity contribution < 1.29 is 9.47 Å². The van der Waals surface area contributed by atoms with Crippen molar-refractivity contribution >= 4 is 5.69 Å². The third-order valence-electron chi connectivity index (χ3n) is 2.93. The molecule has 1 aromatic rings. The molecule has 2 N–H and O–H groups in total. The molecule has 1 heterocycles. The van der Waals surface area contributed by atoms with E-state index in [1.54, 1.807) is 13.2 Å². The Kier molecular flexibility index (Phi) is 4.03. The van der Waals surface area contributed by atoms with Crippen molar-refractivity contribution in [3.8, 4) is 11.8 Å². The van der Waals surface area contributed by atoms with Gasteiger partial charge >= 0.3 is 0 Å². The van der Waals surface area contributed by atoms with Crippen LogP contribution in [0.3, 0.4) is 0 Å². The summed E-state index contributed by atoms with van der Waals surface area (Å²) >= 11 is 0. The lowest BCUT2D eigenvalue weighted by Crippen LogP contribution is -2.41. The normalized spacial score (nSPS) is 20.3. The van der Waals surface area contributed by atoms with Gasteiger partial charge in [0.2, 0.25) is 0 Å². The molecule has 0 saturated carbocycles. The molecule has 2 rings (SSSR count). The molecule has 1 saturated heterocycles. The average Bonchev–Trinajstić information content (AvgIpc) is 2.38. The number of ether oxygens (including phenoxy) is 2. The van der Waals surface area contributed by atoms with Crippen LogP contribution in [0.15, 0.2) is 18.2 Å². The first-order valence-electron chi connectivity index (χ1n) is 5.88. The van der Waals surface area contributed by atoms with E-state index in [0.29, 0.717) is 18.8 Å². The predicted molar refractivity (Wildman–Crippen MR) is 68.0 cm³/mol. The molecule has 0 amide bonds. The van der Waals surface area contributed by atoms with Gasteiger partial charge in [0.25, 0.3) is 0 Å². The number of hydrogen-bond donors (Lipinski definition) is 1. The Morgan fingerprint density at radius 2 is 2.39 bits per heavy atom. The van der Waals surface area contributed by atoms with Crippen molar-refractivity contribution in [2.45, 2.75) is 12.6 Å². The van der Waals surface area contributed by atoms with Gasteiger partial charge in [-0.05, 0) is 17.7 Å². The highest BCUT2D eigenvalue weighted by Crippen LogP contribution is 2.20. The predicted octanol–water partition coefficient (Wildman–Crippen LogP) is 1.00. The van der Waals surface area contributed by atoms with Crippen molar-refractivity contribution in [3.63, 3.8) is 0 Å². The Hall–Kier alpha value is -1.77. The fourth-order valence-corrected chi connectivity index (χ4v) is 2.08. The Labute approximate surface area is 107 Å². The van der Waals surface area contributed by atoms with Crippen molar-refractivity contribution in [3.05, 3.63) is 23.8 Å². The maximum Gasteiger partial charge on any atom is 0.156 e. The summed E-state index contributed by atoms with van der Waals surface area (Å²) in [6.45, 7) is 2.81. The summed E-state index contributed by atoms with van der Waals surface area (Å²) in [6, 6.07) is 7.83. The first kappa shape index (κ1) is 12.7. The van der Waals surface area contributed by atoms with E-state index in [1.807, 2.05) is 12.1 Å². The smallest absolute Gasteiger partial charge is 0.156 e. The van der Waals surface area contributed by atoms with Crippen LogP contribution in [0.1, 0.15) is 5.56 Å². The van der Waals surface area contributed by atoms with Crippen molar-refractivity contribution in [1.82, 2.24) is 4.90 Å². The second-order valence-electron chi connectivity index (χ2n) is 4.34. The Morgan fingerprint density at radius 1 is 1.56 bits per heavy atom. The van der Waals surface area contributed by atoms with E-state index in [1.165, 1.54) is 0 Å². The maximum atomic E-state index is 8.86. The highest BCUT2D eigenvalue weighted by atomic mass is 16.5. The second-order valence-corrected chi connectivity index (χ2v) is 4.34. The quantitative estimate of drug-likeness (QED) is 0.807. The number of hydrogen-bond acceptors (Lipinski definition) is 5. The molecule has 5 heteroatoms. The molecule has 1 atom stereocenters. The number of nitriles is 1. The standard InChI is InChI=1S/C13H17N3O2/c1-17-12-5-10(4-11(15)6-12)8-16-2-3-18-13(7-14)9-16/h4-6,13H,2-3,8-9,15H2,1H3. The molecule has 1 aromatic carbocycles. The van der Waals surface area contributed by atoms with Gasteiger partial charge in [0.1, 0.15) is 5.75 Å². The lowest BCUT2D eigenvalue weighted by Gasteiger charge is -2.29. The van der Waals surface area contributed by atoms with Crippen LogP contribution >= 0.6 is 0 Å². The molecular weight excluding hydrogens is 230 g/mol. The summed E-state index contributed by atoms with van der Waals surface area (Å²) in [5.74, 6) is 0.759. The first-order chi connectivity index (χ1) is 8.71. The van der Waals surface area contributed by atoms with Gasteiger partial charge in [0.15, 0.2) is 6.10 Å². The Morgan fingerprint density at radius 3 is 3.11 bits per heavy atom. The molecule has 18 heavy (non-hydrogen) atoms. The molecule has 96 valence electrons. The molecule has 1 aliphatic heterocycles. The molecule has 0 spiro atoms. The Balaban J connectivity index is 2.04. The minimum atomic E-state index is -0.332. The van der Waals surface area contributed by atoms with E-state index in [-0.39, 0.29) is 6.10 Å². The number of nitrogen functional groups attached to an aromatic ring is 1. The molecule has 0 aliphatic carbocycles. The summed E-state index contributed by atoms with van der Waals surface area (Å²) < 4.78 is 10.5. The minimum Gasteiger partial charge on any atom is -0.497 e. The molecule has 0 bridgehead atoms. The number of nitrogens with zero attached hydrogens (tertiary/aromatic N) is 2. The van der Waals surface area contributed by atoms with Gasteiger partial charge < -0.3 is 15.2 Å². The lowest BCUT2D eigenvalue weighted by molar-refractivity contribution is -0.00269. The van der Waals surface area contributed by atoms with Crippen LogP contribution < -0.4 is 10.5 Å². The number of anilines is 1. The molecule has 1 aliphatic rings. The number of methoxy groups -OCH3 is 1. The van der Waals surface area contributed by atoms with Crippen LogP contribution in [0.5, 0.6) is 5.75 Å². The van der Waals surface area contributed by atoms with E-state index in [9.17, 15) is 0 Å². The fourth-order valence-electron chi connectivity index (χ4n) is 2.08. The van der Waals surface area contributed by atoms with Gasteiger partial charge in [-0.2, -0.15) is 5.26 Å². The zero-order valence-corrected chi connectivity index (χ0v) is 10.4. The monoisotopic (exact) mass is 247 g/mol. The summed E-state index contributed by atoms with van der Waals surface area (Å²) in [5.41, 5.74) is 7.60. The third kappa shape index (κ3) is 3.13. The molecule has 1 unspecified atom stereocenters. The molecular formula is C13H17N3O2. The van der Waals surface area contributed by atoms with E-state index >= 15 is 0 Å². The number of rotatable bonds is 3. The van der Waals surface area contributed by atoms with Crippen LogP contribution in [0.4, 0.5) is 5.69 Å². The number of morpholine rings is 1. The average molecular weight is 247 g/mol. The first-order valence-corrected chi connectivity index (χ1v) is 5.88. The topological polar surface area (TPSA) is 71.5 Å². The number of benzene rings is 1. The Bertz CT molecular complexity index is 456. The van der Waals surface area contributed by atoms with Gasteiger partial charge in [-0.25, -0.2) is 0 Å². The largest absolute Gasteiger partial charge is 0.497 e. The van der Waals surface area contributed by atoms with E-state index in [4.69, 9.17) is 20.5 Å². The lowest BCUT2D eigenvalue weighted by atomic mass is 10.1. The summed E-state index contributed by atoms with van der Waals surface area (Å²) in [7, 11) is 1.62. The second kappa shape index (κ2) is 5.71. The van der Waals surface area contributed by atoms with Gasteiger partial charge in [-0.15, -0.1) is 0 Å². The van der Waals surface area contributed by atoms with Gasteiger partial charge in [-0.3, -0.25) is 4.90 Å². The minimum absolute atomic E-state index is 0.332. The highest BCUT2D eigenvalue weighted by molar-refractivity contribution is 5.47. The van der Waals surface area contributed by atoms with Crippen molar-refractivity contribution in [1.29, 1.82) is 5.26 Å². The van der Waals surface area contributed by atoms with E-state index < -0.39 is 0 Å². The van der Waals surface area contributed by atoms with Crippen LogP contribution in [-0.4, -0.2) is 37.8 Å².